The number of H-pyrrole nitrogens is 1. The first-order valence-electron chi connectivity index (χ1n) is 6.44. The minimum Gasteiger partial charge on any atom is -0.310 e. The van der Waals surface area contributed by atoms with Gasteiger partial charge in [0.25, 0.3) is 0 Å². The topological polar surface area (TPSA) is 53.6 Å². The van der Waals surface area contributed by atoms with Gasteiger partial charge in [-0.1, -0.05) is 26.2 Å². The van der Waals surface area contributed by atoms with E-state index < -0.39 is 0 Å². The van der Waals surface area contributed by atoms with Gasteiger partial charge in [0, 0.05) is 5.92 Å². The van der Waals surface area contributed by atoms with Crippen LogP contribution in [0.5, 0.6) is 0 Å². The fraction of sp³-hybridized carbons (Fsp3) is 0.833. The van der Waals surface area contributed by atoms with Crippen molar-refractivity contribution in [3.05, 3.63) is 11.6 Å². The molecule has 0 radical (unpaired) electrons. The molecule has 1 unspecified atom stereocenters. The van der Waals surface area contributed by atoms with Crippen LogP contribution in [-0.2, 0) is 0 Å². The lowest BCUT2D eigenvalue weighted by atomic mass is 9.89. The van der Waals surface area contributed by atoms with Crippen LogP contribution in [0.15, 0.2) is 0 Å². The molecule has 0 spiro atoms. The molecule has 1 fully saturated rings. The molecule has 4 heteroatoms. The van der Waals surface area contributed by atoms with Crippen LogP contribution in [-0.4, -0.2) is 22.2 Å². The van der Waals surface area contributed by atoms with Crippen LogP contribution in [0.1, 0.15) is 69.1 Å². The molecule has 0 saturated heterocycles. The molecule has 0 aromatic carbocycles. The number of nitrogens with one attached hydrogen (secondary N) is 2. The summed E-state index contributed by atoms with van der Waals surface area (Å²) in [7, 11) is 1.96. The van der Waals surface area contributed by atoms with Crippen LogP contribution < -0.4 is 5.32 Å². The number of aromatic nitrogens is 3. The maximum Gasteiger partial charge on any atom is 0.167 e. The van der Waals surface area contributed by atoms with Crippen LogP contribution in [0.3, 0.4) is 0 Å². The highest BCUT2D eigenvalue weighted by atomic mass is 15.2. The smallest absolute Gasteiger partial charge is 0.167 e. The zero-order valence-corrected chi connectivity index (χ0v) is 10.3. The Labute approximate surface area is 97.2 Å². The number of hydrogen-bond donors (Lipinski definition) is 2. The second-order valence-corrected chi connectivity index (χ2v) is 4.66. The zero-order valence-electron chi connectivity index (χ0n) is 10.3. The summed E-state index contributed by atoms with van der Waals surface area (Å²) in [4.78, 5) is 4.65. The van der Waals surface area contributed by atoms with E-state index in [1.165, 1.54) is 32.1 Å². The molecule has 1 aliphatic rings. The van der Waals surface area contributed by atoms with Crippen molar-refractivity contribution in [3.8, 4) is 0 Å². The van der Waals surface area contributed by atoms with E-state index in [-0.39, 0.29) is 6.04 Å². The highest BCUT2D eigenvalue weighted by Crippen LogP contribution is 2.30. The van der Waals surface area contributed by atoms with E-state index in [1.54, 1.807) is 0 Å². The Morgan fingerprint density at radius 3 is 2.75 bits per heavy atom. The van der Waals surface area contributed by atoms with E-state index in [9.17, 15) is 0 Å². The van der Waals surface area contributed by atoms with E-state index in [4.69, 9.17) is 0 Å². The average Bonchev–Trinajstić information content (AvgIpc) is 2.81. The van der Waals surface area contributed by atoms with Gasteiger partial charge >= 0.3 is 0 Å². The van der Waals surface area contributed by atoms with Gasteiger partial charge in [-0.15, -0.1) is 0 Å². The van der Waals surface area contributed by atoms with E-state index in [1.807, 2.05) is 7.05 Å². The summed E-state index contributed by atoms with van der Waals surface area (Å²) in [6, 6.07) is 0.286. The summed E-state index contributed by atoms with van der Waals surface area (Å²) in [6.07, 6.45) is 7.62. The van der Waals surface area contributed by atoms with Crippen molar-refractivity contribution < 1.29 is 0 Å². The molecule has 1 saturated carbocycles. The van der Waals surface area contributed by atoms with Gasteiger partial charge in [-0.2, -0.15) is 5.10 Å². The third kappa shape index (κ3) is 2.43. The van der Waals surface area contributed by atoms with Crippen molar-refractivity contribution >= 4 is 0 Å². The maximum atomic E-state index is 4.65. The second kappa shape index (κ2) is 5.43. The Morgan fingerprint density at radius 2 is 2.12 bits per heavy atom. The molecule has 1 heterocycles. The lowest BCUT2D eigenvalue weighted by Crippen LogP contribution is -2.16. The molecule has 1 aromatic rings. The summed E-state index contributed by atoms with van der Waals surface area (Å²) in [5.74, 6) is 2.64. The Kier molecular flexibility index (Phi) is 3.93. The number of nitrogens with zero attached hydrogens (tertiary/aromatic N) is 2. The summed E-state index contributed by atoms with van der Waals surface area (Å²) in [6.45, 7) is 2.15. The standard InChI is InChI=1S/C12H22N4/c1-3-10(13-2)12-14-11(15-16-12)9-7-5-4-6-8-9/h9-10,13H,3-8H2,1-2H3,(H,14,15,16). The number of aromatic amines is 1. The third-order valence-electron chi connectivity index (χ3n) is 3.58. The van der Waals surface area contributed by atoms with Gasteiger partial charge in [-0.25, -0.2) is 4.98 Å². The molecule has 2 N–H and O–H groups in total. The minimum absolute atomic E-state index is 0.286. The largest absolute Gasteiger partial charge is 0.310 e. The second-order valence-electron chi connectivity index (χ2n) is 4.66. The monoisotopic (exact) mass is 222 g/mol. The van der Waals surface area contributed by atoms with Crippen molar-refractivity contribution in [2.75, 3.05) is 7.05 Å². The fourth-order valence-electron chi connectivity index (χ4n) is 2.52. The molecule has 2 rings (SSSR count). The van der Waals surface area contributed by atoms with Crippen LogP contribution in [0.4, 0.5) is 0 Å². The molecule has 1 aliphatic carbocycles. The van der Waals surface area contributed by atoms with Crippen molar-refractivity contribution in [2.24, 2.45) is 0 Å². The van der Waals surface area contributed by atoms with Gasteiger partial charge in [0.2, 0.25) is 0 Å². The van der Waals surface area contributed by atoms with E-state index in [0.717, 1.165) is 18.1 Å². The molecule has 4 nitrogen and oxygen atoms in total. The van der Waals surface area contributed by atoms with Crippen molar-refractivity contribution in [1.29, 1.82) is 0 Å². The first-order valence-corrected chi connectivity index (χ1v) is 6.44. The minimum atomic E-state index is 0.286. The van der Waals surface area contributed by atoms with E-state index in [0.29, 0.717) is 5.92 Å². The summed E-state index contributed by atoms with van der Waals surface area (Å²) in [5.41, 5.74) is 0. The van der Waals surface area contributed by atoms with Gasteiger partial charge in [-0.05, 0) is 26.3 Å². The molecule has 1 atom stereocenters. The molecule has 0 bridgehead atoms. The van der Waals surface area contributed by atoms with Gasteiger partial charge in [0.05, 0.1) is 6.04 Å². The molecular weight excluding hydrogens is 200 g/mol. The summed E-state index contributed by atoms with van der Waals surface area (Å²) in [5, 5.41) is 10.7. The summed E-state index contributed by atoms with van der Waals surface area (Å²) >= 11 is 0. The highest BCUT2D eigenvalue weighted by molar-refractivity contribution is 5.02. The molecular formula is C12H22N4. The first-order chi connectivity index (χ1) is 7.85. The molecule has 0 amide bonds. The zero-order chi connectivity index (χ0) is 11.4. The van der Waals surface area contributed by atoms with Gasteiger partial charge in [-0.3, -0.25) is 5.10 Å². The predicted octanol–water partition coefficient (Wildman–Crippen LogP) is 2.52. The quantitative estimate of drug-likeness (QED) is 0.823. The Bertz CT molecular complexity index is 311. The maximum absolute atomic E-state index is 4.65. The summed E-state index contributed by atoms with van der Waals surface area (Å²) < 4.78 is 0. The lowest BCUT2D eigenvalue weighted by molar-refractivity contribution is 0.429. The Balaban J connectivity index is 2.05. The van der Waals surface area contributed by atoms with Crippen molar-refractivity contribution in [2.45, 2.75) is 57.4 Å². The first kappa shape index (κ1) is 11.6. The lowest BCUT2D eigenvalue weighted by Gasteiger charge is -2.18. The SMILES string of the molecule is CCC(NC)c1n[nH]c(C2CCCCC2)n1. The van der Waals surface area contributed by atoms with Crippen molar-refractivity contribution in [1.82, 2.24) is 20.5 Å². The van der Waals surface area contributed by atoms with Gasteiger partial charge in [0.15, 0.2) is 5.82 Å². The van der Waals surface area contributed by atoms with Crippen LogP contribution in [0, 0.1) is 0 Å². The van der Waals surface area contributed by atoms with E-state index >= 15 is 0 Å². The predicted molar refractivity (Wildman–Crippen MR) is 64.3 cm³/mol. The van der Waals surface area contributed by atoms with Crippen LogP contribution in [0.2, 0.25) is 0 Å². The third-order valence-corrected chi connectivity index (χ3v) is 3.58. The number of hydrogen-bond acceptors (Lipinski definition) is 3. The van der Waals surface area contributed by atoms with Gasteiger partial charge in [0.1, 0.15) is 5.82 Å². The molecule has 1 aromatic heterocycles. The fourth-order valence-corrected chi connectivity index (χ4v) is 2.52. The number of rotatable bonds is 4. The van der Waals surface area contributed by atoms with Crippen LogP contribution >= 0.6 is 0 Å². The Morgan fingerprint density at radius 1 is 1.38 bits per heavy atom. The van der Waals surface area contributed by atoms with Crippen LogP contribution in [0.25, 0.3) is 0 Å². The molecule has 16 heavy (non-hydrogen) atoms. The van der Waals surface area contributed by atoms with Gasteiger partial charge < -0.3 is 5.32 Å². The molecule has 90 valence electrons. The Hall–Kier alpha value is -0.900. The normalized spacial score (nSPS) is 19.9. The van der Waals surface area contributed by atoms with Crippen molar-refractivity contribution in [3.63, 3.8) is 0 Å². The molecule has 0 aliphatic heterocycles. The average molecular weight is 222 g/mol. The van der Waals surface area contributed by atoms with E-state index in [2.05, 4.69) is 27.4 Å². The highest BCUT2D eigenvalue weighted by Gasteiger charge is 2.20.